The van der Waals surface area contributed by atoms with Gasteiger partial charge in [-0.1, -0.05) is 52.6 Å². The molecule has 2 atom stereocenters. The average Bonchev–Trinajstić information content (AvgIpc) is 2.01. The van der Waals surface area contributed by atoms with Gasteiger partial charge in [-0.3, -0.25) is 0 Å². The summed E-state index contributed by atoms with van der Waals surface area (Å²) in [6, 6.07) is 0. The summed E-state index contributed by atoms with van der Waals surface area (Å²) in [4.78, 5) is 0. The number of hydrogen-bond donors (Lipinski definition) is 0. The van der Waals surface area contributed by atoms with Crippen LogP contribution in [0.3, 0.4) is 0 Å². The van der Waals surface area contributed by atoms with Crippen molar-refractivity contribution in [2.24, 2.45) is 11.8 Å². The van der Waals surface area contributed by atoms with E-state index in [1.807, 2.05) is 0 Å². The highest BCUT2D eigenvalue weighted by molar-refractivity contribution is 6.58. The molecule has 0 aliphatic heterocycles. The van der Waals surface area contributed by atoms with E-state index in [2.05, 4.69) is 27.6 Å². The molecule has 0 nitrogen and oxygen atoms in total. The van der Waals surface area contributed by atoms with E-state index in [-0.39, 0.29) is 0 Å². The van der Waals surface area contributed by atoms with Gasteiger partial charge in [-0.25, -0.2) is 0 Å². The van der Waals surface area contributed by atoms with E-state index in [4.69, 9.17) is 0 Å². The van der Waals surface area contributed by atoms with Gasteiger partial charge in [-0.2, -0.15) is 0 Å². The molecule has 0 amide bonds. The van der Waals surface area contributed by atoms with E-state index in [1.165, 1.54) is 25.6 Å². The fourth-order valence-corrected chi connectivity index (χ4v) is 2.81. The molecule has 0 aromatic rings. The molecule has 0 saturated heterocycles. The van der Waals surface area contributed by atoms with Gasteiger partial charge in [0.25, 0.3) is 0 Å². The van der Waals surface area contributed by atoms with E-state index >= 15 is 0 Å². The van der Waals surface area contributed by atoms with Crippen LogP contribution in [0.5, 0.6) is 0 Å². The Balaban J connectivity index is 2.43. The zero-order valence-electron chi connectivity index (χ0n) is 9.14. The topological polar surface area (TPSA) is 0 Å². The zero-order valence-corrected chi connectivity index (χ0v) is 9.14. The lowest BCUT2D eigenvalue weighted by atomic mass is 9.37. The smallest absolute Gasteiger partial charge is 0.0859 e. The van der Waals surface area contributed by atoms with E-state index in [0.29, 0.717) is 0 Å². The van der Waals surface area contributed by atoms with Crippen LogP contribution in [0.1, 0.15) is 40.0 Å². The Hall–Kier alpha value is 0.0649. The van der Waals surface area contributed by atoms with Gasteiger partial charge in [0.1, 0.15) is 6.71 Å². The highest BCUT2D eigenvalue weighted by Crippen LogP contribution is 2.38. The van der Waals surface area contributed by atoms with Crippen LogP contribution in [0.25, 0.3) is 0 Å². The molecule has 1 aliphatic carbocycles. The first-order valence-electron chi connectivity index (χ1n) is 5.63. The van der Waals surface area contributed by atoms with Gasteiger partial charge in [0.2, 0.25) is 0 Å². The molecule has 1 saturated carbocycles. The van der Waals surface area contributed by atoms with E-state index in [0.717, 1.165) is 24.4 Å². The van der Waals surface area contributed by atoms with Crippen molar-refractivity contribution in [3.8, 4) is 0 Å². The molecule has 0 heterocycles. The van der Waals surface area contributed by atoms with Crippen LogP contribution in [-0.4, -0.2) is 6.71 Å². The molecule has 0 aromatic carbocycles. The normalized spacial score (nSPS) is 36.5. The van der Waals surface area contributed by atoms with Gasteiger partial charge < -0.3 is 0 Å². The average molecular weight is 166 g/mol. The fraction of sp³-hybridized carbons (Fsp3) is 1.00. The molecule has 12 heavy (non-hydrogen) atoms. The van der Waals surface area contributed by atoms with Crippen LogP contribution in [0.2, 0.25) is 19.0 Å². The van der Waals surface area contributed by atoms with Crippen molar-refractivity contribution in [1.29, 1.82) is 0 Å². The van der Waals surface area contributed by atoms with Crippen molar-refractivity contribution in [3.63, 3.8) is 0 Å². The van der Waals surface area contributed by atoms with Crippen molar-refractivity contribution >= 4 is 6.71 Å². The molecule has 0 spiro atoms. The molecule has 0 bridgehead atoms. The summed E-state index contributed by atoms with van der Waals surface area (Å²) in [7, 11) is 0. The number of rotatable bonds is 2. The predicted molar refractivity (Wildman–Crippen MR) is 58.0 cm³/mol. The van der Waals surface area contributed by atoms with Crippen molar-refractivity contribution in [1.82, 2.24) is 0 Å². The molecular weight excluding hydrogens is 143 g/mol. The minimum atomic E-state index is 0.954. The first kappa shape index (κ1) is 10.1. The van der Waals surface area contributed by atoms with E-state index in [9.17, 15) is 0 Å². The van der Waals surface area contributed by atoms with Crippen molar-refractivity contribution in [3.05, 3.63) is 0 Å². The van der Waals surface area contributed by atoms with Crippen molar-refractivity contribution in [2.75, 3.05) is 0 Å². The Bertz CT molecular complexity index is 123. The van der Waals surface area contributed by atoms with E-state index < -0.39 is 0 Å². The molecule has 1 aliphatic rings. The highest BCUT2D eigenvalue weighted by Gasteiger charge is 2.28. The molecule has 0 radical (unpaired) electrons. The summed E-state index contributed by atoms with van der Waals surface area (Å²) >= 11 is 0. The van der Waals surface area contributed by atoms with Gasteiger partial charge in [0, 0.05) is 0 Å². The Labute approximate surface area is 78.2 Å². The Morgan fingerprint density at radius 2 is 1.58 bits per heavy atom. The molecular formula is C11H23B. The monoisotopic (exact) mass is 166 g/mol. The van der Waals surface area contributed by atoms with Crippen molar-refractivity contribution in [2.45, 2.75) is 59.0 Å². The maximum absolute atomic E-state index is 2.43. The minimum Gasteiger partial charge on any atom is -0.0859 e. The Morgan fingerprint density at radius 1 is 1.08 bits per heavy atom. The maximum atomic E-state index is 2.43. The summed E-state index contributed by atoms with van der Waals surface area (Å²) in [6.45, 7) is 10.6. The van der Waals surface area contributed by atoms with Gasteiger partial charge in [0.15, 0.2) is 0 Å². The second kappa shape index (κ2) is 4.34. The lowest BCUT2D eigenvalue weighted by molar-refractivity contribution is 0.298. The van der Waals surface area contributed by atoms with Crippen molar-refractivity contribution < 1.29 is 0 Å². The summed E-state index contributed by atoms with van der Waals surface area (Å²) in [5, 5.41) is 0. The van der Waals surface area contributed by atoms with Crippen LogP contribution in [0.15, 0.2) is 0 Å². The second-order valence-electron chi connectivity index (χ2n) is 5.06. The number of hydrogen-bond acceptors (Lipinski definition) is 0. The molecule has 70 valence electrons. The van der Waals surface area contributed by atoms with Crippen LogP contribution >= 0.6 is 0 Å². The molecule has 0 N–H and O–H groups in total. The molecule has 1 heteroatoms. The minimum absolute atomic E-state index is 0.954. The summed E-state index contributed by atoms with van der Waals surface area (Å²) in [6.07, 6.45) is 5.80. The lowest BCUT2D eigenvalue weighted by Crippen LogP contribution is -2.25. The molecule has 1 fully saturated rings. The Kier molecular flexibility index (Phi) is 3.67. The van der Waals surface area contributed by atoms with Gasteiger partial charge in [0.05, 0.1) is 0 Å². The van der Waals surface area contributed by atoms with Crippen LogP contribution in [-0.2, 0) is 0 Å². The third kappa shape index (κ3) is 2.53. The third-order valence-electron chi connectivity index (χ3n) is 3.66. The highest BCUT2D eigenvalue weighted by atomic mass is 14.2. The molecule has 0 aromatic heterocycles. The molecule has 1 rings (SSSR count). The standard InChI is InChI=1S/C11H23B/c1-5-12(4)11-7-9(2)6-10(3)8-11/h9-11H,5-8H2,1-4H3. The lowest BCUT2D eigenvalue weighted by Gasteiger charge is -2.33. The van der Waals surface area contributed by atoms with Gasteiger partial charge >= 0.3 is 0 Å². The van der Waals surface area contributed by atoms with Gasteiger partial charge in [-0.15, -0.1) is 0 Å². The fourth-order valence-electron chi connectivity index (χ4n) is 2.81. The van der Waals surface area contributed by atoms with E-state index in [1.54, 1.807) is 0 Å². The van der Waals surface area contributed by atoms with Crippen LogP contribution < -0.4 is 0 Å². The zero-order chi connectivity index (χ0) is 9.14. The quantitative estimate of drug-likeness (QED) is 0.544. The predicted octanol–water partition coefficient (Wildman–Crippen LogP) is 3.96. The van der Waals surface area contributed by atoms with Gasteiger partial charge in [-0.05, 0) is 18.3 Å². The summed E-state index contributed by atoms with van der Waals surface area (Å²) in [5.41, 5.74) is 0. The first-order valence-corrected chi connectivity index (χ1v) is 5.63. The first-order chi connectivity index (χ1) is 5.63. The SMILES string of the molecule is CCB(C)C1CC(C)CC(C)C1. The maximum Gasteiger partial charge on any atom is 0.139 e. The summed E-state index contributed by atoms with van der Waals surface area (Å²) < 4.78 is 0. The Morgan fingerprint density at radius 3 is 2.00 bits per heavy atom. The van der Waals surface area contributed by atoms with Crippen LogP contribution in [0, 0.1) is 11.8 Å². The third-order valence-corrected chi connectivity index (χ3v) is 3.66. The summed E-state index contributed by atoms with van der Waals surface area (Å²) in [5.74, 6) is 2.98. The second-order valence-corrected chi connectivity index (χ2v) is 5.06. The molecule has 2 unspecified atom stereocenters. The van der Waals surface area contributed by atoms with Crippen LogP contribution in [0.4, 0.5) is 0 Å². The largest absolute Gasteiger partial charge is 0.139 e.